The molecule has 2 aromatic heterocycles. The third kappa shape index (κ3) is 6.35. The molecule has 0 radical (unpaired) electrons. The Balaban J connectivity index is 1.29. The van der Waals surface area contributed by atoms with Crippen molar-refractivity contribution in [3.63, 3.8) is 0 Å². The summed E-state index contributed by atoms with van der Waals surface area (Å²) in [6, 6.07) is 28.7. The van der Waals surface area contributed by atoms with E-state index < -0.39 is 5.25 Å². The van der Waals surface area contributed by atoms with Crippen molar-refractivity contribution in [3.05, 3.63) is 118 Å². The Morgan fingerprint density at radius 1 is 0.838 bits per heavy atom. The van der Waals surface area contributed by atoms with Crippen molar-refractivity contribution in [2.75, 3.05) is 10.6 Å². The summed E-state index contributed by atoms with van der Waals surface area (Å²) in [5.74, 6) is -0.299. The zero-order valence-corrected chi connectivity index (χ0v) is 22.3. The van der Waals surface area contributed by atoms with E-state index >= 15 is 0 Å². The van der Waals surface area contributed by atoms with Gasteiger partial charge < -0.3 is 10.6 Å². The summed E-state index contributed by atoms with van der Waals surface area (Å²) in [6.07, 6.45) is 0. The Hall–Kier alpha value is -3.72. The number of carbonyl (C=O) groups is 2. The Kier molecular flexibility index (Phi) is 7.79. The SMILES string of the molecule is Cc1ccc(C(=O)Nc2ccc(SC(C(=O)Nc3nc(-c4cccs4)cs3)c3ccccc3)cc2)cc1. The van der Waals surface area contributed by atoms with Gasteiger partial charge in [0.15, 0.2) is 5.13 Å². The van der Waals surface area contributed by atoms with Crippen LogP contribution in [-0.2, 0) is 4.79 Å². The van der Waals surface area contributed by atoms with E-state index in [0.29, 0.717) is 16.4 Å². The number of rotatable bonds is 8. The number of thiophene rings is 1. The lowest BCUT2D eigenvalue weighted by molar-refractivity contribution is -0.115. The van der Waals surface area contributed by atoms with E-state index in [4.69, 9.17) is 0 Å². The second kappa shape index (κ2) is 11.6. The van der Waals surface area contributed by atoms with Crippen molar-refractivity contribution in [2.45, 2.75) is 17.1 Å². The molecule has 2 N–H and O–H groups in total. The summed E-state index contributed by atoms with van der Waals surface area (Å²) in [5, 5.41) is 9.99. The van der Waals surface area contributed by atoms with Crippen LogP contribution in [0.3, 0.4) is 0 Å². The summed E-state index contributed by atoms with van der Waals surface area (Å²) in [4.78, 5) is 32.5. The van der Waals surface area contributed by atoms with Crippen LogP contribution >= 0.6 is 34.4 Å². The van der Waals surface area contributed by atoms with Crippen LogP contribution in [0.25, 0.3) is 10.6 Å². The fourth-order valence-corrected chi connectivity index (χ4v) is 6.10. The molecule has 0 aliphatic rings. The molecular formula is C29H23N3O2S3. The molecular weight excluding hydrogens is 519 g/mol. The molecule has 2 heterocycles. The lowest BCUT2D eigenvalue weighted by Gasteiger charge is -2.16. The highest BCUT2D eigenvalue weighted by atomic mass is 32.2. The average Bonchev–Trinajstić information content (AvgIpc) is 3.61. The zero-order chi connectivity index (χ0) is 25.6. The lowest BCUT2D eigenvalue weighted by Crippen LogP contribution is -2.19. The first-order valence-electron chi connectivity index (χ1n) is 11.5. The molecule has 2 amide bonds. The number of nitrogens with one attached hydrogen (secondary N) is 2. The quantitative estimate of drug-likeness (QED) is 0.196. The van der Waals surface area contributed by atoms with Gasteiger partial charge in [0.2, 0.25) is 5.91 Å². The molecule has 0 aliphatic carbocycles. The Morgan fingerprint density at radius 2 is 1.59 bits per heavy atom. The summed E-state index contributed by atoms with van der Waals surface area (Å²) in [7, 11) is 0. The second-order valence-corrected chi connectivity index (χ2v) is 11.2. The fourth-order valence-electron chi connectivity index (χ4n) is 3.60. The first-order valence-corrected chi connectivity index (χ1v) is 14.2. The predicted molar refractivity (Wildman–Crippen MR) is 155 cm³/mol. The molecule has 184 valence electrons. The standard InChI is InChI=1S/C29H23N3O2S3/c1-19-9-11-21(12-10-19)27(33)30-22-13-15-23(16-14-22)37-26(20-6-3-2-4-7-20)28(34)32-29-31-24(18-36-29)25-8-5-17-35-25/h2-18,26H,1H3,(H,30,33)(H,31,32,34). The molecule has 0 bridgehead atoms. The van der Waals surface area contributed by atoms with Crippen molar-refractivity contribution in [1.29, 1.82) is 0 Å². The molecule has 1 unspecified atom stereocenters. The van der Waals surface area contributed by atoms with Gasteiger partial charge >= 0.3 is 0 Å². The minimum absolute atomic E-state index is 0.139. The zero-order valence-electron chi connectivity index (χ0n) is 19.9. The number of benzene rings is 3. The van der Waals surface area contributed by atoms with E-state index in [2.05, 4.69) is 15.6 Å². The summed E-state index contributed by atoms with van der Waals surface area (Å²) in [5.41, 5.74) is 4.17. The number of thiazole rings is 1. The number of nitrogens with zero attached hydrogens (tertiary/aromatic N) is 1. The normalized spacial score (nSPS) is 11.6. The summed E-state index contributed by atoms with van der Waals surface area (Å²) in [6.45, 7) is 1.99. The Labute approximate surface area is 227 Å². The number of amides is 2. The van der Waals surface area contributed by atoms with Gasteiger partial charge in [-0.25, -0.2) is 4.98 Å². The molecule has 5 nitrogen and oxygen atoms in total. The lowest BCUT2D eigenvalue weighted by atomic mass is 10.1. The minimum atomic E-state index is -0.469. The topological polar surface area (TPSA) is 71.1 Å². The smallest absolute Gasteiger partial charge is 0.255 e. The number of carbonyl (C=O) groups excluding carboxylic acids is 2. The molecule has 1 atom stereocenters. The number of hydrogen-bond acceptors (Lipinski definition) is 6. The molecule has 0 fully saturated rings. The van der Waals surface area contributed by atoms with Crippen molar-refractivity contribution in [2.24, 2.45) is 0 Å². The highest BCUT2D eigenvalue weighted by Gasteiger charge is 2.23. The Morgan fingerprint density at radius 3 is 2.30 bits per heavy atom. The van der Waals surface area contributed by atoms with Gasteiger partial charge in [-0.2, -0.15) is 0 Å². The molecule has 0 saturated heterocycles. The van der Waals surface area contributed by atoms with E-state index in [9.17, 15) is 9.59 Å². The largest absolute Gasteiger partial charge is 0.322 e. The maximum absolute atomic E-state index is 13.4. The van der Waals surface area contributed by atoms with Gasteiger partial charge in [-0.3, -0.25) is 9.59 Å². The van der Waals surface area contributed by atoms with E-state index in [1.165, 1.54) is 23.1 Å². The number of aromatic nitrogens is 1. The van der Waals surface area contributed by atoms with Crippen molar-refractivity contribution >= 4 is 57.1 Å². The number of aryl methyl sites for hydroxylation is 1. The monoisotopic (exact) mass is 541 g/mol. The van der Waals surface area contributed by atoms with E-state index in [-0.39, 0.29) is 11.8 Å². The van der Waals surface area contributed by atoms with Gasteiger partial charge in [0, 0.05) is 21.5 Å². The first kappa shape index (κ1) is 25.0. The molecule has 3 aromatic carbocycles. The minimum Gasteiger partial charge on any atom is -0.322 e. The van der Waals surface area contributed by atoms with Gasteiger partial charge in [-0.15, -0.1) is 34.4 Å². The van der Waals surface area contributed by atoms with Crippen molar-refractivity contribution in [1.82, 2.24) is 4.98 Å². The summed E-state index contributed by atoms with van der Waals surface area (Å²) >= 11 is 4.49. The van der Waals surface area contributed by atoms with Crippen LogP contribution < -0.4 is 10.6 Å². The van der Waals surface area contributed by atoms with E-state index in [0.717, 1.165) is 26.6 Å². The van der Waals surface area contributed by atoms with Crippen LogP contribution in [0.4, 0.5) is 10.8 Å². The maximum Gasteiger partial charge on any atom is 0.255 e. The molecule has 5 aromatic rings. The number of thioether (sulfide) groups is 1. The van der Waals surface area contributed by atoms with Crippen LogP contribution in [0, 0.1) is 6.92 Å². The third-order valence-corrected chi connectivity index (χ3v) is 8.44. The van der Waals surface area contributed by atoms with Crippen LogP contribution in [0.1, 0.15) is 26.7 Å². The third-order valence-electron chi connectivity index (χ3n) is 5.53. The number of anilines is 2. The fraction of sp³-hybridized carbons (Fsp3) is 0.0690. The number of hydrogen-bond donors (Lipinski definition) is 2. The molecule has 0 saturated carbocycles. The highest BCUT2D eigenvalue weighted by molar-refractivity contribution is 8.00. The van der Waals surface area contributed by atoms with Gasteiger partial charge in [-0.05, 0) is 60.3 Å². The van der Waals surface area contributed by atoms with Crippen LogP contribution in [0.15, 0.2) is 107 Å². The van der Waals surface area contributed by atoms with Crippen LogP contribution in [0.2, 0.25) is 0 Å². The Bertz CT molecular complexity index is 1480. The highest BCUT2D eigenvalue weighted by Crippen LogP contribution is 2.37. The summed E-state index contributed by atoms with van der Waals surface area (Å²) < 4.78 is 0. The van der Waals surface area contributed by atoms with Crippen LogP contribution in [0.5, 0.6) is 0 Å². The van der Waals surface area contributed by atoms with E-state index in [1.807, 2.05) is 109 Å². The van der Waals surface area contributed by atoms with Gasteiger partial charge in [0.05, 0.1) is 10.6 Å². The van der Waals surface area contributed by atoms with E-state index in [1.54, 1.807) is 11.3 Å². The maximum atomic E-state index is 13.4. The molecule has 5 rings (SSSR count). The molecule has 8 heteroatoms. The van der Waals surface area contributed by atoms with Crippen molar-refractivity contribution in [3.8, 4) is 10.6 Å². The average molecular weight is 542 g/mol. The second-order valence-electron chi connectivity index (χ2n) is 8.26. The van der Waals surface area contributed by atoms with Crippen LogP contribution in [-0.4, -0.2) is 16.8 Å². The van der Waals surface area contributed by atoms with Gasteiger partial charge in [0.1, 0.15) is 5.25 Å². The molecule has 0 aliphatic heterocycles. The molecule has 0 spiro atoms. The molecule has 37 heavy (non-hydrogen) atoms. The predicted octanol–water partition coefficient (Wildman–Crippen LogP) is 7.90. The van der Waals surface area contributed by atoms with Gasteiger partial charge in [-0.1, -0.05) is 54.1 Å². The van der Waals surface area contributed by atoms with Crippen molar-refractivity contribution < 1.29 is 9.59 Å². The van der Waals surface area contributed by atoms with Gasteiger partial charge in [0.25, 0.3) is 5.91 Å². The first-order chi connectivity index (χ1) is 18.0.